The summed E-state index contributed by atoms with van der Waals surface area (Å²) in [6.45, 7) is 0.697. The predicted molar refractivity (Wildman–Crippen MR) is 70.2 cm³/mol. The van der Waals surface area contributed by atoms with Crippen molar-refractivity contribution in [2.24, 2.45) is 0 Å². The zero-order valence-electron chi connectivity index (χ0n) is 9.95. The van der Waals surface area contributed by atoms with E-state index in [-0.39, 0.29) is 0 Å². The molecule has 18 heavy (non-hydrogen) atoms. The summed E-state index contributed by atoms with van der Waals surface area (Å²) in [5.41, 5.74) is 0.356. The van der Waals surface area contributed by atoms with E-state index in [1.54, 1.807) is 18.2 Å². The Morgan fingerprint density at radius 3 is 1.94 bits per heavy atom. The molecular formula is C12H14Cl2O4. The largest absolute Gasteiger partial charge is 0.492 e. The van der Waals surface area contributed by atoms with E-state index in [4.69, 9.17) is 32.7 Å². The first kappa shape index (κ1) is 14.9. The first-order valence-electron chi connectivity index (χ1n) is 5.32. The maximum Gasteiger partial charge on any atom is 0.338 e. The Morgan fingerprint density at radius 1 is 1.06 bits per heavy atom. The van der Waals surface area contributed by atoms with Gasteiger partial charge in [-0.1, -0.05) is 0 Å². The Bertz CT molecular complexity index is 369. The Kier molecular flexibility index (Phi) is 6.68. The molecule has 4 nitrogen and oxygen atoms in total. The van der Waals surface area contributed by atoms with Gasteiger partial charge in [0, 0.05) is 6.07 Å². The van der Waals surface area contributed by atoms with E-state index in [1.165, 1.54) is 7.11 Å². The van der Waals surface area contributed by atoms with Crippen molar-refractivity contribution in [3.05, 3.63) is 23.8 Å². The zero-order valence-corrected chi connectivity index (χ0v) is 11.5. The number of carbonyl (C=O) groups excluding carboxylic acids is 1. The fourth-order valence-electron chi connectivity index (χ4n) is 1.29. The topological polar surface area (TPSA) is 44.8 Å². The van der Waals surface area contributed by atoms with Gasteiger partial charge < -0.3 is 14.2 Å². The minimum absolute atomic E-state index is 0.348. The van der Waals surface area contributed by atoms with Gasteiger partial charge in [0.25, 0.3) is 0 Å². The normalized spacial score (nSPS) is 9.94. The van der Waals surface area contributed by atoms with E-state index < -0.39 is 5.97 Å². The first-order chi connectivity index (χ1) is 8.71. The van der Waals surface area contributed by atoms with Crippen LogP contribution >= 0.6 is 23.2 Å². The zero-order chi connectivity index (χ0) is 13.4. The number of alkyl halides is 2. The molecule has 0 aliphatic rings. The highest BCUT2D eigenvalue weighted by Gasteiger charge is 2.10. The molecule has 6 heteroatoms. The van der Waals surface area contributed by atoms with Crippen LogP contribution in [0.5, 0.6) is 11.5 Å². The van der Waals surface area contributed by atoms with Crippen molar-refractivity contribution >= 4 is 29.2 Å². The number of carbonyl (C=O) groups is 1. The van der Waals surface area contributed by atoms with E-state index in [0.717, 1.165) is 0 Å². The summed E-state index contributed by atoms with van der Waals surface area (Å²) in [5, 5.41) is 0. The third-order valence-corrected chi connectivity index (χ3v) is 2.30. The van der Waals surface area contributed by atoms with Gasteiger partial charge in [-0.15, -0.1) is 23.2 Å². The molecule has 0 heterocycles. The number of rotatable bonds is 7. The molecule has 0 amide bonds. The van der Waals surface area contributed by atoms with E-state index in [0.29, 0.717) is 42.0 Å². The maximum absolute atomic E-state index is 11.5. The number of methoxy groups -OCH3 is 1. The average Bonchev–Trinajstić information content (AvgIpc) is 2.41. The molecule has 1 aromatic rings. The molecule has 0 spiro atoms. The summed E-state index contributed by atoms with van der Waals surface area (Å²) in [5.74, 6) is 1.27. The maximum atomic E-state index is 11.5. The van der Waals surface area contributed by atoms with Crippen molar-refractivity contribution in [3.63, 3.8) is 0 Å². The van der Waals surface area contributed by atoms with Gasteiger partial charge in [-0.25, -0.2) is 4.79 Å². The Morgan fingerprint density at radius 2 is 1.56 bits per heavy atom. The lowest BCUT2D eigenvalue weighted by atomic mass is 10.2. The smallest absolute Gasteiger partial charge is 0.338 e. The molecule has 0 saturated heterocycles. The standard InChI is InChI=1S/C12H14Cl2O4/c1-16-12(15)9-6-10(17-4-2-13)8-11(7-9)18-5-3-14/h6-8H,2-5H2,1H3. The molecule has 1 aromatic carbocycles. The molecule has 0 aliphatic carbocycles. The molecule has 0 radical (unpaired) electrons. The van der Waals surface area contributed by atoms with Crippen LogP contribution in [-0.4, -0.2) is 38.1 Å². The quantitative estimate of drug-likeness (QED) is 0.573. The number of ether oxygens (including phenoxy) is 3. The van der Waals surface area contributed by atoms with Gasteiger partial charge in [-0.05, 0) is 12.1 Å². The van der Waals surface area contributed by atoms with Crippen LogP contribution in [0.25, 0.3) is 0 Å². The molecule has 0 aliphatic heterocycles. The highest BCUT2D eigenvalue weighted by atomic mass is 35.5. The van der Waals surface area contributed by atoms with Crippen LogP contribution in [0.3, 0.4) is 0 Å². The number of hydrogen-bond donors (Lipinski definition) is 0. The Balaban J connectivity index is 2.91. The van der Waals surface area contributed by atoms with Crippen molar-refractivity contribution in [3.8, 4) is 11.5 Å². The first-order valence-corrected chi connectivity index (χ1v) is 6.39. The van der Waals surface area contributed by atoms with Gasteiger partial charge in [-0.2, -0.15) is 0 Å². The summed E-state index contributed by atoms with van der Waals surface area (Å²) in [7, 11) is 1.31. The minimum Gasteiger partial charge on any atom is -0.492 e. The van der Waals surface area contributed by atoms with Crippen LogP contribution in [0.2, 0.25) is 0 Å². The average molecular weight is 293 g/mol. The monoisotopic (exact) mass is 292 g/mol. The second-order valence-corrected chi connectivity index (χ2v) is 4.02. The van der Waals surface area contributed by atoms with Gasteiger partial charge >= 0.3 is 5.97 Å². The van der Waals surface area contributed by atoms with Gasteiger partial charge in [-0.3, -0.25) is 0 Å². The molecule has 0 aromatic heterocycles. The third kappa shape index (κ3) is 4.63. The molecular weight excluding hydrogens is 279 g/mol. The Hall–Kier alpha value is -1.13. The molecule has 0 fully saturated rings. The van der Waals surface area contributed by atoms with E-state index in [9.17, 15) is 4.79 Å². The molecule has 0 atom stereocenters. The number of benzene rings is 1. The van der Waals surface area contributed by atoms with Gasteiger partial charge in [0.05, 0.1) is 24.4 Å². The summed E-state index contributed by atoms with van der Waals surface area (Å²) in [6, 6.07) is 4.82. The van der Waals surface area contributed by atoms with Crippen molar-refractivity contribution in [1.29, 1.82) is 0 Å². The van der Waals surface area contributed by atoms with Crippen molar-refractivity contribution in [1.82, 2.24) is 0 Å². The minimum atomic E-state index is -0.456. The summed E-state index contributed by atoms with van der Waals surface area (Å²) >= 11 is 11.1. The fourth-order valence-corrected chi connectivity index (χ4v) is 1.44. The van der Waals surface area contributed by atoms with Crippen LogP contribution < -0.4 is 9.47 Å². The van der Waals surface area contributed by atoms with Crippen LogP contribution in [0.15, 0.2) is 18.2 Å². The lowest BCUT2D eigenvalue weighted by Crippen LogP contribution is -2.05. The molecule has 0 unspecified atom stereocenters. The molecule has 1 rings (SSSR count). The van der Waals surface area contributed by atoms with Crippen LogP contribution in [0.4, 0.5) is 0 Å². The van der Waals surface area contributed by atoms with Gasteiger partial charge in [0.15, 0.2) is 0 Å². The molecule has 0 N–H and O–H groups in total. The second-order valence-electron chi connectivity index (χ2n) is 3.26. The predicted octanol–water partition coefficient (Wildman–Crippen LogP) is 2.71. The Labute approximate surface area is 116 Å². The second kappa shape index (κ2) is 8.06. The number of hydrogen-bond acceptors (Lipinski definition) is 4. The summed E-state index contributed by atoms with van der Waals surface area (Å²) in [4.78, 5) is 11.5. The van der Waals surface area contributed by atoms with Crippen molar-refractivity contribution in [2.75, 3.05) is 32.1 Å². The number of esters is 1. The highest BCUT2D eigenvalue weighted by molar-refractivity contribution is 6.18. The summed E-state index contributed by atoms with van der Waals surface area (Å²) < 4.78 is 15.4. The third-order valence-electron chi connectivity index (χ3n) is 1.99. The molecule has 0 saturated carbocycles. The van der Waals surface area contributed by atoms with Gasteiger partial charge in [0.2, 0.25) is 0 Å². The lowest BCUT2D eigenvalue weighted by molar-refractivity contribution is 0.0599. The van der Waals surface area contributed by atoms with E-state index in [1.807, 2.05) is 0 Å². The highest BCUT2D eigenvalue weighted by Crippen LogP contribution is 2.23. The molecule has 0 bridgehead atoms. The van der Waals surface area contributed by atoms with E-state index >= 15 is 0 Å². The lowest BCUT2D eigenvalue weighted by Gasteiger charge is -2.10. The number of halogens is 2. The fraction of sp³-hybridized carbons (Fsp3) is 0.417. The van der Waals surface area contributed by atoms with Crippen LogP contribution in [0, 0.1) is 0 Å². The van der Waals surface area contributed by atoms with Crippen molar-refractivity contribution in [2.45, 2.75) is 0 Å². The molecule has 100 valence electrons. The van der Waals surface area contributed by atoms with Crippen molar-refractivity contribution < 1.29 is 19.0 Å². The van der Waals surface area contributed by atoms with Gasteiger partial charge in [0.1, 0.15) is 24.7 Å². The van der Waals surface area contributed by atoms with E-state index in [2.05, 4.69) is 4.74 Å². The summed E-state index contributed by atoms with van der Waals surface area (Å²) in [6.07, 6.45) is 0. The van der Waals surface area contributed by atoms with Crippen LogP contribution in [-0.2, 0) is 4.74 Å². The van der Waals surface area contributed by atoms with Crippen LogP contribution in [0.1, 0.15) is 10.4 Å². The SMILES string of the molecule is COC(=O)c1cc(OCCCl)cc(OCCCl)c1.